The number of anilines is 4. The lowest BCUT2D eigenvalue weighted by Gasteiger charge is -2.37. The van der Waals surface area contributed by atoms with Gasteiger partial charge in [-0.15, -0.1) is 0 Å². The van der Waals surface area contributed by atoms with E-state index < -0.39 is 59.8 Å². The van der Waals surface area contributed by atoms with Crippen LogP contribution in [0.4, 0.5) is 22.7 Å². The van der Waals surface area contributed by atoms with E-state index in [1.807, 2.05) is 36.4 Å². The van der Waals surface area contributed by atoms with Crippen LogP contribution in [0.3, 0.4) is 0 Å². The minimum Gasteiger partial charge on any atom is -0.273 e. The normalized spacial score (nSPS) is 27.2. The van der Waals surface area contributed by atoms with Crippen LogP contribution in [0.1, 0.15) is 0 Å². The number of halogens is 2. The van der Waals surface area contributed by atoms with Crippen LogP contribution >= 0.6 is 23.2 Å². The third-order valence-corrected chi connectivity index (χ3v) is 9.37. The van der Waals surface area contributed by atoms with E-state index in [9.17, 15) is 19.2 Å². The molecule has 4 saturated heterocycles. The summed E-state index contributed by atoms with van der Waals surface area (Å²) in [5.41, 5.74) is 1.85. The molecular formula is C34H24Cl2N4O6. The predicted molar refractivity (Wildman–Crippen MR) is 170 cm³/mol. The fraction of sp³-hybridized carbons (Fsp3) is 0.176. The Labute approximate surface area is 273 Å². The highest BCUT2D eigenvalue weighted by molar-refractivity contribution is 6.31. The number of hydrogen-bond acceptors (Lipinski definition) is 8. The quantitative estimate of drug-likeness (QED) is 0.276. The zero-order valence-corrected chi connectivity index (χ0v) is 25.4. The van der Waals surface area contributed by atoms with Gasteiger partial charge in [-0.1, -0.05) is 59.6 Å². The Morgan fingerprint density at radius 1 is 0.435 bits per heavy atom. The summed E-state index contributed by atoms with van der Waals surface area (Å²) in [5, 5.41) is 3.96. The number of rotatable bonds is 5. The highest BCUT2D eigenvalue weighted by Gasteiger charge is 2.69. The van der Waals surface area contributed by atoms with Crippen molar-refractivity contribution in [2.45, 2.75) is 24.3 Å². The second-order valence-electron chi connectivity index (χ2n) is 11.4. The third-order valence-electron chi connectivity index (χ3n) is 8.86. The molecule has 230 valence electrons. The Kier molecular flexibility index (Phi) is 6.84. The van der Waals surface area contributed by atoms with Crippen LogP contribution in [-0.2, 0) is 28.9 Å². The summed E-state index contributed by atoms with van der Waals surface area (Å²) in [5.74, 6) is -4.17. The molecule has 0 N–H and O–H groups in total. The molecule has 4 fully saturated rings. The molecule has 8 rings (SSSR count). The molecule has 0 saturated carbocycles. The largest absolute Gasteiger partial charge is 0.273 e. The summed E-state index contributed by atoms with van der Waals surface area (Å²) in [6.07, 6.45) is -2.38. The number of carbonyl (C=O) groups excluding carboxylic acids is 4. The van der Waals surface area contributed by atoms with Crippen LogP contribution in [0, 0.1) is 11.8 Å². The van der Waals surface area contributed by atoms with Gasteiger partial charge in [0.1, 0.15) is 11.8 Å². The van der Waals surface area contributed by atoms with E-state index in [1.165, 1.54) is 10.1 Å². The smallest absolute Gasteiger partial charge is 0.266 e. The van der Waals surface area contributed by atoms with Gasteiger partial charge in [0, 0.05) is 10.0 Å². The van der Waals surface area contributed by atoms with Gasteiger partial charge in [-0.25, -0.2) is 19.9 Å². The lowest BCUT2D eigenvalue weighted by molar-refractivity contribution is -0.128. The van der Waals surface area contributed by atoms with Crippen LogP contribution in [0.25, 0.3) is 0 Å². The van der Waals surface area contributed by atoms with E-state index in [-0.39, 0.29) is 0 Å². The topological polar surface area (TPSA) is 99.7 Å². The first-order valence-corrected chi connectivity index (χ1v) is 15.4. The van der Waals surface area contributed by atoms with Gasteiger partial charge in [-0.3, -0.25) is 28.9 Å². The fourth-order valence-electron chi connectivity index (χ4n) is 6.89. The first-order chi connectivity index (χ1) is 22.3. The summed E-state index contributed by atoms with van der Waals surface area (Å²) in [6, 6.07) is 29.0. The van der Waals surface area contributed by atoms with E-state index in [0.29, 0.717) is 32.8 Å². The van der Waals surface area contributed by atoms with Crippen molar-refractivity contribution in [2.75, 3.05) is 19.9 Å². The Morgan fingerprint density at radius 3 is 1.13 bits per heavy atom. The van der Waals surface area contributed by atoms with Crippen LogP contribution in [0.2, 0.25) is 10.0 Å². The Morgan fingerprint density at radius 2 is 0.783 bits per heavy atom. The summed E-state index contributed by atoms with van der Waals surface area (Å²) in [6.45, 7) is 0. The molecule has 10 nitrogen and oxygen atoms in total. The molecule has 0 unspecified atom stereocenters. The molecule has 0 aromatic heterocycles. The van der Waals surface area contributed by atoms with Gasteiger partial charge in [-0.2, -0.15) is 0 Å². The zero-order chi connectivity index (χ0) is 31.7. The van der Waals surface area contributed by atoms with Crippen LogP contribution < -0.4 is 19.9 Å². The lowest BCUT2D eigenvalue weighted by atomic mass is 9.82. The molecule has 6 atom stereocenters. The summed E-state index contributed by atoms with van der Waals surface area (Å²) >= 11 is 12.2. The average Bonchev–Trinajstić information content (AvgIpc) is 3.78. The van der Waals surface area contributed by atoms with Crippen molar-refractivity contribution in [1.29, 1.82) is 0 Å². The SMILES string of the molecule is O=C1[C@H]2[C@@H]([C@@H]3[C@@H]4C(=O)N(c5ccc(Cl)cc5)C(=O)[C@@H]4ON3c3ccccc3)N(c3ccccc3)O[C@@H]2C(=O)N1c1ccc(Cl)cc1. The monoisotopic (exact) mass is 654 g/mol. The highest BCUT2D eigenvalue weighted by atomic mass is 35.5. The Bertz CT molecular complexity index is 1720. The molecule has 4 amide bonds. The number of imide groups is 2. The van der Waals surface area contributed by atoms with E-state index in [1.54, 1.807) is 72.8 Å². The summed E-state index contributed by atoms with van der Waals surface area (Å²) in [7, 11) is 0. The number of para-hydroxylation sites is 2. The molecule has 0 radical (unpaired) electrons. The Balaban J connectivity index is 1.27. The van der Waals surface area contributed by atoms with Crippen molar-refractivity contribution in [1.82, 2.24) is 0 Å². The molecule has 4 aromatic carbocycles. The van der Waals surface area contributed by atoms with Crippen molar-refractivity contribution >= 4 is 69.6 Å². The summed E-state index contributed by atoms with van der Waals surface area (Å²) < 4.78 is 0. The molecule has 4 heterocycles. The number of hydrogen-bond donors (Lipinski definition) is 0. The number of carbonyl (C=O) groups is 4. The van der Waals surface area contributed by atoms with Gasteiger partial charge in [0.05, 0.1) is 34.8 Å². The molecule has 4 aliphatic rings. The van der Waals surface area contributed by atoms with Gasteiger partial charge < -0.3 is 0 Å². The van der Waals surface area contributed by atoms with Gasteiger partial charge in [-0.05, 0) is 72.8 Å². The van der Waals surface area contributed by atoms with Crippen molar-refractivity contribution in [2.24, 2.45) is 11.8 Å². The Hall–Kier alpha value is -4.74. The van der Waals surface area contributed by atoms with E-state index in [2.05, 4.69) is 0 Å². The minimum atomic E-state index is -1.19. The maximum atomic E-state index is 14.4. The lowest BCUT2D eigenvalue weighted by Crippen LogP contribution is -2.55. The number of amides is 4. The molecule has 4 aliphatic heterocycles. The van der Waals surface area contributed by atoms with Crippen molar-refractivity contribution < 1.29 is 28.9 Å². The second-order valence-corrected chi connectivity index (χ2v) is 12.3. The van der Waals surface area contributed by atoms with Crippen molar-refractivity contribution in [3.63, 3.8) is 0 Å². The first-order valence-electron chi connectivity index (χ1n) is 14.6. The first kappa shape index (κ1) is 28.7. The number of hydroxylamine groups is 2. The maximum absolute atomic E-state index is 14.4. The van der Waals surface area contributed by atoms with E-state index >= 15 is 0 Å². The third kappa shape index (κ3) is 4.33. The standard InChI is InChI=1S/C34H24Cl2N4O6/c35-19-11-15-21(16-12-19)37-31(41)25-27(39(45-29(25)33(37)43)23-7-3-1-4-8-23)28-26-30(46-40(28)24-9-5-2-6-10-24)34(44)38(32(26)42)22-17-13-20(36)14-18-22/h1-18,25-30H/t25-,26-,27-,28-,29-,30+/m0/s1. The number of fused-ring (bicyclic) bond motifs is 2. The summed E-state index contributed by atoms with van der Waals surface area (Å²) in [4.78, 5) is 71.5. The van der Waals surface area contributed by atoms with Crippen LogP contribution in [0.5, 0.6) is 0 Å². The van der Waals surface area contributed by atoms with E-state index in [4.69, 9.17) is 32.9 Å². The minimum absolute atomic E-state index is 0.351. The van der Waals surface area contributed by atoms with Gasteiger partial charge in [0.2, 0.25) is 11.8 Å². The molecule has 4 aromatic rings. The molecule has 0 aliphatic carbocycles. The molecule has 46 heavy (non-hydrogen) atoms. The molecular weight excluding hydrogens is 631 g/mol. The maximum Gasteiger partial charge on any atom is 0.266 e. The average molecular weight is 655 g/mol. The number of nitrogens with zero attached hydrogens (tertiary/aromatic N) is 4. The van der Waals surface area contributed by atoms with Crippen molar-refractivity contribution in [3.8, 4) is 0 Å². The highest BCUT2D eigenvalue weighted by Crippen LogP contribution is 2.49. The fourth-order valence-corrected chi connectivity index (χ4v) is 7.14. The van der Waals surface area contributed by atoms with E-state index in [0.717, 1.165) is 9.80 Å². The number of benzene rings is 4. The molecule has 0 bridgehead atoms. The van der Waals surface area contributed by atoms with Crippen LogP contribution in [-0.4, -0.2) is 47.9 Å². The zero-order valence-electron chi connectivity index (χ0n) is 23.9. The van der Waals surface area contributed by atoms with Gasteiger partial charge in [0.15, 0.2) is 12.2 Å². The van der Waals surface area contributed by atoms with Crippen LogP contribution in [0.15, 0.2) is 109 Å². The molecule has 12 heteroatoms. The second kappa shape index (κ2) is 11.0. The van der Waals surface area contributed by atoms with Gasteiger partial charge >= 0.3 is 0 Å². The molecule has 0 spiro atoms. The van der Waals surface area contributed by atoms with Gasteiger partial charge in [0.25, 0.3) is 11.8 Å². The predicted octanol–water partition coefficient (Wildman–Crippen LogP) is 5.05. The van der Waals surface area contributed by atoms with Crippen molar-refractivity contribution in [3.05, 3.63) is 119 Å².